The molecule has 1 saturated heterocycles. The van der Waals surface area contributed by atoms with Crippen molar-refractivity contribution in [1.82, 2.24) is 10.2 Å². The smallest absolute Gasteiger partial charge is 0.189 e. The number of nitrogens with zero attached hydrogens (tertiary/aromatic N) is 2. The fraction of sp³-hybridized carbons (Fsp3) is 0.471. The van der Waals surface area contributed by atoms with Gasteiger partial charge in [-0.2, -0.15) is 0 Å². The van der Waals surface area contributed by atoms with Gasteiger partial charge in [0.05, 0.1) is 6.54 Å². The molecule has 2 atom stereocenters. The number of hydrogen-bond acceptors (Lipinski definition) is 2. The van der Waals surface area contributed by atoms with Crippen LogP contribution in [0.2, 0.25) is 0 Å². The van der Waals surface area contributed by atoms with Crippen LogP contribution in [0, 0.1) is 12.3 Å². The fourth-order valence-corrected chi connectivity index (χ4v) is 3.06. The molecule has 0 saturated carbocycles. The number of aliphatic imine (C=N–C) groups is 1. The van der Waals surface area contributed by atoms with E-state index in [0.717, 1.165) is 29.7 Å². The van der Waals surface area contributed by atoms with Crippen LogP contribution in [-0.2, 0) is 0 Å². The van der Waals surface area contributed by atoms with Gasteiger partial charge >= 0.3 is 0 Å². The largest absolute Gasteiger partial charge is 0.370 e. The molecule has 4 nitrogen and oxygen atoms in total. The first kappa shape index (κ1) is 16.9. The quantitative estimate of drug-likeness (QED) is 0.480. The lowest BCUT2D eigenvalue weighted by molar-refractivity contribution is 0.273. The van der Waals surface area contributed by atoms with Crippen molar-refractivity contribution in [2.45, 2.75) is 31.8 Å². The molecule has 0 bridgehead atoms. The van der Waals surface area contributed by atoms with Gasteiger partial charge in [-0.1, -0.05) is 40.9 Å². The molecule has 1 aromatic carbocycles. The van der Waals surface area contributed by atoms with E-state index in [9.17, 15) is 0 Å². The molecular weight excluding hydrogens is 340 g/mol. The molecule has 3 N–H and O–H groups in total. The van der Waals surface area contributed by atoms with Crippen LogP contribution in [0.1, 0.15) is 31.4 Å². The predicted molar refractivity (Wildman–Crippen MR) is 95.6 cm³/mol. The number of rotatable bonds is 5. The van der Waals surface area contributed by atoms with Crippen molar-refractivity contribution in [2.75, 3.05) is 19.6 Å². The summed E-state index contributed by atoms with van der Waals surface area (Å²) >= 11 is 3.42. The zero-order chi connectivity index (χ0) is 15.9. The summed E-state index contributed by atoms with van der Waals surface area (Å²) in [5.41, 5.74) is 7.00. The van der Waals surface area contributed by atoms with Gasteiger partial charge in [-0.05, 0) is 43.6 Å². The predicted octanol–water partition coefficient (Wildman–Crippen LogP) is 2.51. The van der Waals surface area contributed by atoms with Crippen LogP contribution < -0.4 is 11.1 Å². The third-order valence-corrected chi connectivity index (χ3v) is 4.57. The van der Waals surface area contributed by atoms with Gasteiger partial charge in [-0.3, -0.25) is 9.89 Å². The Morgan fingerprint density at radius 1 is 1.55 bits per heavy atom. The van der Waals surface area contributed by atoms with Crippen LogP contribution in [0.5, 0.6) is 0 Å². The maximum atomic E-state index is 6.00. The molecule has 2 unspecified atom stereocenters. The Morgan fingerprint density at radius 3 is 2.91 bits per heavy atom. The van der Waals surface area contributed by atoms with Gasteiger partial charge in [0.25, 0.3) is 0 Å². The van der Waals surface area contributed by atoms with Crippen LogP contribution in [0.25, 0.3) is 0 Å². The molecule has 0 spiro atoms. The molecule has 1 fully saturated rings. The molecule has 0 aliphatic carbocycles. The minimum atomic E-state index is -0.261. The summed E-state index contributed by atoms with van der Waals surface area (Å²) in [5, 5.41) is 3.12. The first-order chi connectivity index (χ1) is 10.6. The minimum Gasteiger partial charge on any atom is -0.370 e. The molecule has 0 radical (unpaired) electrons. The van der Waals surface area contributed by atoms with Gasteiger partial charge in [0.15, 0.2) is 5.96 Å². The highest BCUT2D eigenvalue weighted by atomic mass is 79.9. The zero-order valence-corrected chi connectivity index (χ0v) is 14.5. The van der Waals surface area contributed by atoms with E-state index in [0.29, 0.717) is 12.0 Å². The van der Waals surface area contributed by atoms with Crippen molar-refractivity contribution in [3.63, 3.8) is 0 Å². The Kier molecular flexibility index (Phi) is 6.29. The molecular formula is C17H23BrN4. The second-order valence-electron chi connectivity index (χ2n) is 5.45. The molecule has 0 amide bonds. The Morgan fingerprint density at radius 2 is 2.27 bits per heavy atom. The van der Waals surface area contributed by atoms with Crippen molar-refractivity contribution in [3.05, 3.63) is 34.3 Å². The highest BCUT2D eigenvalue weighted by molar-refractivity contribution is 9.10. The maximum Gasteiger partial charge on any atom is 0.189 e. The fourth-order valence-electron chi connectivity index (χ4n) is 2.79. The maximum absolute atomic E-state index is 6.00. The van der Waals surface area contributed by atoms with Crippen molar-refractivity contribution >= 4 is 21.9 Å². The Labute approximate surface area is 141 Å². The van der Waals surface area contributed by atoms with Gasteiger partial charge in [-0.15, -0.1) is 6.42 Å². The van der Waals surface area contributed by atoms with Crippen molar-refractivity contribution in [1.29, 1.82) is 0 Å². The molecule has 118 valence electrons. The highest BCUT2D eigenvalue weighted by Crippen LogP contribution is 2.17. The number of nitrogens with two attached hydrogens (primary N) is 1. The van der Waals surface area contributed by atoms with Gasteiger partial charge in [0.2, 0.25) is 0 Å². The van der Waals surface area contributed by atoms with Crippen molar-refractivity contribution < 1.29 is 0 Å². The summed E-state index contributed by atoms with van der Waals surface area (Å²) in [6.45, 7) is 5.14. The lowest BCUT2D eigenvalue weighted by Gasteiger charge is -2.21. The minimum absolute atomic E-state index is 0.261. The van der Waals surface area contributed by atoms with E-state index in [-0.39, 0.29) is 6.04 Å². The number of guanidine groups is 1. The molecule has 1 aliphatic rings. The van der Waals surface area contributed by atoms with Crippen molar-refractivity contribution in [3.8, 4) is 12.3 Å². The standard InChI is InChI=1S/C17H23BrN4/c1-3-16(13-7-9-14(18)10-8-13)21-17(19)20-12-15-6-5-11-22(15)4-2/h1,7-10,15-16H,4-6,11-12H2,2H3,(H3,19,20,21). The van der Waals surface area contributed by atoms with E-state index in [1.54, 1.807) is 0 Å². The van der Waals surface area contributed by atoms with E-state index in [1.165, 1.54) is 12.8 Å². The van der Waals surface area contributed by atoms with E-state index in [4.69, 9.17) is 12.2 Å². The number of benzene rings is 1. The Hall–Kier alpha value is -1.51. The van der Waals surface area contributed by atoms with E-state index in [1.807, 2.05) is 24.3 Å². The van der Waals surface area contributed by atoms with Crippen LogP contribution >= 0.6 is 15.9 Å². The van der Waals surface area contributed by atoms with Gasteiger partial charge in [0, 0.05) is 10.5 Å². The number of hydrogen-bond donors (Lipinski definition) is 2. The topological polar surface area (TPSA) is 53.6 Å². The number of likely N-dealkylation sites (N-methyl/N-ethyl adjacent to an activating group) is 1. The molecule has 22 heavy (non-hydrogen) atoms. The molecule has 1 aliphatic heterocycles. The van der Waals surface area contributed by atoms with E-state index in [2.05, 4.69) is 44.0 Å². The first-order valence-corrected chi connectivity index (χ1v) is 8.45. The molecule has 1 heterocycles. The molecule has 5 heteroatoms. The van der Waals surface area contributed by atoms with Crippen molar-refractivity contribution in [2.24, 2.45) is 10.7 Å². The van der Waals surface area contributed by atoms with Crippen LogP contribution in [0.15, 0.2) is 33.7 Å². The Balaban J connectivity index is 1.94. The summed E-state index contributed by atoms with van der Waals surface area (Å²) in [7, 11) is 0. The monoisotopic (exact) mass is 362 g/mol. The Bertz CT molecular complexity index is 547. The highest BCUT2D eigenvalue weighted by Gasteiger charge is 2.22. The first-order valence-electron chi connectivity index (χ1n) is 7.66. The lowest BCUT2D eigenvalue weighted by atomic mass is 10.1. The number of terminal acetylenes is 1. The SMILES string of the molecule is C#CC(NC(N)=NCC1CCCN1CC)c1ccc(Br)cc1. The number of nitrogens with one attached hydrogen (secondary N) is 1. The summed E-state index contributed by atoms with van der Waals surface area (Å²) in [4.78, 5) is 6.92. The molecule has 0 aromatic heterocycles. The third kappa shape index (κ3) is 4.49. The third-order valence-electron chi connectivity index (χ3n) is 4.04. The summed E-state index contributed by atoms with van der Waals surface area (Å²) < 4.78 is 1.02. The van der Waals surface area contributed by atoms with Gasteiger partial charge in [-0.25, -0.2) is 0 Å². The summed E-state index contributed by atoms with van der Waals surface area (Å²) in [6, 6.07) is 8.12. The van der Waals surface area contributed by atoms with Crippen LogP contribution in [0.4, 0.5) is 0 Å². The molecule has 2 rings (SSSR count). The lowest BCUT2D eigenvalue weighted by Crippen LogP contribution is -2.37. The average Bonchev–Trinajstić information content (AvgIpc) is 2.99. The summed E-state index contributed by atoms with van der Waals surface area (Å²) in [5.74, 6) is 3.13. The van der Waals surface area contributed by atoms with E-state index >= 15 is 0 Å². The van der Waals surface area contributed by atoms with E-state index < -0.39 is 0 Å². The molecule has 1 aromatic rings. The number of halogens is 1. The summed E-state index contributed by atoms with van der Waals surface area (Å²) in [6.07, 6.45) is 8.04. The van der Waals surface area contributed by atoms with Gasteiger partial charge < -0.3 is 11.1 Å². The van der Waals surface area contributed by atoms with Crippen LogP contribution in [-0.4, -0.2) is 36.5 Å². The zero-order valence-electron chi connectivity index (χ0n) is 12.9. The van der Waals surface area contributed by atoms with Crippen LogP contribution in [0.3, 0.4) is 0 Å². The normalized spacial score (nSPS) is 20.6. The second-order valence-corrected chi connectivity index (χ2v) is 6.36. The second kappa shape index (κ2) is 8.21. The van der Waals surface area contributed by atoms with Gasteiger partial charge in [0.1, 0.15) is 6.04 Å². The number of likely N-dealkylation sites (tertiary alicyclic amines) is 1. The average molecular weight is 363 g/mol.